The van der Waals surface area contributed by atoms with Gasteiger partial charge in [0.15, 0.2) is 0 Å². The van der Waals surface area contributed by atoms with Gasteiger partial charge in [-0.2, -0.15) is 5.26 Å². The van der Waals surface area contributed by atoms with Gasteiger partial charge >= 0.3 is 0 Å². The lowest BCUT2D eigenvalue weighted by Crippen LogP contribution is -2.16. The van der Waals surface area contributed by atoms with E-state index >= 15 is 0 Å². The quantitative estimate of drug-likeness (QED) is 0.824. The molecule has 1 N–H and O–H groups in total. The highest BCUT2D eigenvalue weighted by molar-refractivity contribution is 5.26. The maximum absolute atomic E-state index is 12.7. The maximum atomic E-state index is 12.7. The molecule has 2 unspecified atom stereocenters. The van der Waals surface area contributed by atoms with Crippen LogP contribution in [0.1, 0.15) is 31.2 Å². The van der Waals surface area contributed by atoms with Crippen LogP contribution in [0.4, 0.5) is 4.39 Å². The number of halogens is 1. The Bertz CT molecular complexity index is 342. The molecule has 1 aromatic carbocycles. The number of aliphatic hydroxyl groups is 1. The first-order chi connectivity index (χ1) is 7.19. The largest absolute Gasteiger partial charge is 0.391 e. The minimum Gasteiger partial charge on any atom is -0.391 e. The number of nitriles is 1. The molecular weight excluding hydrogens is 193 g/mol. The zero-order valence-corrected chi connectivity index (χ0v) is 8.65. The van der Waals surface area contributed by atoms with E-state index in [-0.39, 0.29) is 5.82 Å². The van der Waals surface area contributed by atoms with E-state index in [1.807, 2.05) is 13.0 Å². The van der Waals surface area contributed by atoms with Gasteiger partial charge < -0.3 is 5.11 Å². The maximum Gasteiger partial charge on any atom is 0.123 e. The van der Waals surface area contributed by atoms with Gasteiger partial charge in [0.05, 0.1) is 18.1 Å². The summed E-state index contributed by atoms with van der Waals surface area (Å²) in [7, 11) is 0. The fourth-order valence-electron chi connectivity index (χ4n) is 1.52. The molecule has 0 bridgehead atoms. The van der Waals surface area contributed by atoms with Crippen molar-refractivity contribution in [2.45, 2.75) is 31.8 Å². The highest BCUT2D eigenvalue weighted by atomic mass is 19.1. The van der Waals surface area contributed by atoms with Gasteiger partial charge in [0.25, 0.3) is 0 Å². The lowest BCUT2D eigenvalue weighted by Gasteiger charge is -2.15. The first-order valence-corrected chi connectivity index (χ1v) is 5.02. The van der Waals surface area contributed by atoms with Crippen LogP contribution in [0.2, 0.25) is 0 Å². The molecule has 0 saturated carbocycles. The molecule has 80 valence electrons. The second-order valence-electron chi connectivity index (χ2n) is 3.51. The Morgan fingerprint density at radius 3 is 2.47 bits per heavy atom. The normalized spacial score (nSPS) is 14.3. The van der Waals surface area contributed by atoms with E-state index in [9.17, 15) is 9.50 Å². The number of nitrogens with zero attached hydrogens (tertiary/aromatic N) is 1. The Balaban J connectivity index is 2.84. The van der Waals surface area contributed by atoms with Crippen LogP contribution >= 0.6 is 0 Å². The minimum absolute atomic E-state index is 0.333. The van der Waals surface area contributed by atoms with Crippen molar-refractivity contribution in [3.63, 3.8) is 0 Å². The van der Waals surface area contributed by atoms with E-state index in [0.29, 0.717) is 12.0 Å². The first kappa shape index (κ1) is 11.7. The lowest BCUT2D eigenvalue weighted by molar-refractivity contribution is 0.150. The Labute approximate surface area is 89.0 Å². The summed E-state index contributed by atoms with van der Waals surface area (Å²) in [6.07, 6.45) is 0.723. The Hall–Kier alpha value is -1.40. The van der Waals surface area contributed by atoms with Crippen molar-refractivity contribution >= 4 is 0 Å². The van der Waals surface area contributed by atoms with Gasteiger partial charge in [0.1, 0.15) is 5.82 Å². The summed E-state index contributed by atoms with van der Waals surface area (Å²) >= 11 is 0. The van der Waals surface area contributed by atoms with Crippen molar-refractivity contribution in [3.05, 3.63) is 35.6 Å². The van der Waals surface area contributed by atoms with Gasteiger partial charge in [-0.15, -0.1) is 0 Å². The first-order valence-electron chi connectivity index (χ1n) is 5.02. The van der Waals surface area contributed by atoms with Gasteiger partial charge in [-0.3, -0.25) is 0 Å². The number of hydrogen-bond acceptors (Lipinski definition) is 2. The molecule has 0 aliphatic rings. The highest BCUT2D eigenvalue weighted by Crippen LogP contribution is 2.22. The lowest BCUT2D eigenvalue weighted by atomic mass is 9.92. The number of aliphatic hydroxyl groups excluding tert-OH is 1. The summed E-state index contributed by atoms with van der Waals surface area (Å²) < 4.78 is 12.7. The average molecular weight is 207 g/mol. The predicted molar refractivity (Wildman–Crippen MR) is 55.7 cm³/mol. The summed E-state index contributed by atoms with van der Waals surface area (Å²) in [4.78, 5) is 0. The molecule has 3 heteroatoms. The van der Waals surface area contributed by atoms with E-state index in [1.54, 1.807) is 12.1 Å². The van der Waals surface area contributed by atoms with Crippen LogP contribution in [0, 0.1) is 17.1 Å². The van der Waals surface area contributed by atoms with E-state index in [1.165, 1.54) is 12.1 Å². The molecule has 1 aromatic rings. The second kappa shape index (κ2) is 5.47. The molecule has 0 heterocycles. The third-order valence-corrected chi connectivity index (χ3v) is 2.34. The second-order valence-corrected chi connectivity index (χ2v) is 3.51. The molecule has 15 heavy (non-hydrogen) atoms. The van der Waals surface area contributed by atoms with Crippen LogP contribution < -0.4 is 0 Å². The fourth-order valence-corrected chi connectivity index (χ4v) is 1.52. The van der Waals surface area contributed by atoms with Crippen LogP contribution in [0.3, 0.4) is 0 Å². The summed E-state index contributed by atoms with van der Waals surface area (Å²) in [5.41, 5.74) is 0.667. The Morgan fingerprint density at radius 1 is 1.40 bits per heavy atom. The Morgan fingerprint density at radius 2 is 2.00 bits per heavy atom. The van der Waals surface area contributed by atoms with Crippen LogP contribution in [-0.2, 0) is 0 Å². The van der Waals surface area contributed by atoms with Gasteiger partial charge in [-0.1, -0.05) is 25.5 Å². The number of benzene rings is 1. The van der Waals surface area contributed by atoms with Crippen LogP contribution in [-0.4, -0.2) is 11.2 Å². The fraction of sp³-hybridized carbons (Fsp3) is 0.417. The van der Waals surface area contributed by atoms with Crippen LogP contribution in [0.15, 0.2) is 24.3 Å². The summed E-state index contributed by atoms with van der Waals surface area (Å²) in [5, 5.41) is 18.7. The molecule has 0 fully saturated rings. The van der Waals surface area contributed by atoms with Crippen molar-refractivity contribution < 1.29 is 9.50 Å². The molecular formula is C12H14FNO. The van der Waals surface area contributed by atoms with Gasteiger partial charge in [0, 0.05) is 0 Å². The van der Waals surface area contributed by atoms with Crippen molar-refractivity contribution in [1.29, 1.82) is 5.26 Å². The molecule has 0 spiro atoms. The molecule has 2 atom stereocenters. The van der Waals surface area contributed by atoms with Crippen molar-refractivity contribution in [3.8, 4) is 6.07 Å². The van der Waals surface area contributed by atoms with Gasteiger partial charge in [-0.25, -0.2) is 4.39 Å². The molecule has 0 saturated heterocycles. The summed E-state index contributed by atoms with van der Waals surface area (Å²) in [6.45, 7) is 1.95. The number of rotatable bonds is 4. The zero-order valence-electron chi connectivity index (χ0n) is 8.65. The molecule has 0 aromatic heterocycles. The molecule has 1 rings (SSSR count). The highest BCUT2D eigenvalue weighted by Gasteiger charge is 2.19. The van der Waals surface area contributed by atoms with Crippen LogP contribution in [0.5, 0.6) is 0 Å². The zero-order chi connectivity index (χ0) is 11.3. The molecule has 0 radical (unpaired) electrons. The summed E-state index contributed by atoms with van der Waals surface area (Å²) in [6, 6.07) is 7.75. The van der Waals surface area contributed by atoms with Gasteiger partial charge in [0.2, 0.25) is 0 Å². The minimum atomic E-state index is -0.675. The van der Waals surface area contributed by atoms with E-state index in [0.717, 1.165) is 6.42 Å². The van der Waals surface area contributed by atoms with Crippen LogP contribution in [0.25, 0.3) is 0 Å². The van der Waals surface area contributed by atoms with Gasteiger partial charge in [-0.05, 0) is 24.1 Å². The number of hydrogen-bond donors (Lipinski definition) is 1. The Kier molecular flexibility index (Phi) is 4.26. The third-order valence-electron chi connectivity index (χ3n) is 2.34. The molecule has 0 aliphatic heterocycles. The topological polar surface area (TPSA) is 44.0 Å². The smallest absolute Gasteiger partial charge is 0.123 e. The molecule has 0 aliphatic carbocycles. The molecule has 0 amide bonds. The molecule has 2 nitrogen and oxygen atoms in total. The van der Waals surface area contributed by atoms with Crippen molar-refractivity contribution in [2.24, 2.45) is 0 Å². The SMILES string of the molecule is CCCC(O)C(C#N)c1ccc(F)cc1. The average Bonchev–Trinajstić information content (AvgIpc) is 2.22. The third kappa shape index (κ3) is 3.03. The monoisotopic (exact) mass is 207 g/mol. The predicted octanol–water partition coefficient (Wildman–Crippen LogP) is 2.59. The van der Waals surface area contributed by atoms with E-state index in [4.69, 9.17) is 5.26 Å². The van der Waals surface area contributed by atoms with E-state index in [2.05, 4.69) is 0 Å². The van der Waals surface area contributed by atoms with Crippen molar-refractivity contribution in [2.75, 3.05) is 0 Å². The standard InChI is InChI=1S/C12H14FNO/c1-2-3-12(15)11(8-14)9-4-6-10(13)7-5-9/h4-7,11-12,15H,2-3H2,1H3. The van der Waals surface area contributed by atoms with Crippen molar-refractivity contribution in [1.82, 2.24) is 0 Å². The summed E-state index contributed by atoms with van der Waals surface area (Å²) in [5.74, 6) is -0.897. The van der Waals surface area contributed by atoms with E-state index < -0.39 is 12.0 Å².